The highest BCUT2D eigenvalue weighted by Gasteiger charge is 2.35. The van der Waals surface area contributed by atoms with Crippen molar-refractivity contribution in [1.82, 2.24) is 20.0 Å². The molecule has 202 valence electrons. The first-order chi connectivity index (χ1) is 19.0. The lowest BCUT2D eigenvalue weighted by atomic mass is 10.0. The number of carbonyl (C=O) groups is 1. The Balaban J connectivity index is 1.09. The van der Waals surface area contributed by atoms with E-state index in [0.29, 0.717) is 13.0 Å². The zero-order valence-electron chi connectivity index (χ0n) is 22.5. The molecule has 2 N–H and O–H groups in total. The predicted molar refractivity (Wildman–Crippen MR) is 153 cm³/mol. The first-order valence-corrected chi connectivity index (χ1v) is 14.0. The zero-order valence-corrected chi connectivity index (χ0v) is 22.5. The van der Waals surface area contributed by atoms with Crippen LogP contribution in [0.5, 0.6) is 5.75 Å². The van der Waals surface area contributed by atoms with Crippen LogP contribution in [0, 0.1) is 0 Å². The van der Waals surface area contributed by atoms with E-state index in [1.807, 2.05) is 11.0 Å². The lowest BCUT2D eigenvalue weighted by molar-refractivity contribution is -0.137. The molecular weight excluding hydrogens is 488 g/mol. The molecule has 2 aromatic carbocycles. The number of rotatable bonds is 6. The zero-order chi connectivity index (χ0) is 26.8. The molecule has 0 saturated carbocycles. The smallest absolute Gasteiger partial charge is 0.251 e. The summed E-state index contributed by atoms with van der Waals surface area (Å²) in [5.74, 6) is 1.65. The van der Waals surface area contributed by atoms with Gasteiger partial charge in [0.15, 0.2) is 0 Å². The van der Waals surface area contributed by atoms with Gasteiger partial charge in [-0.15, -0.1) is 0 Å². The molecule has 0 radical (unpaired) electrons. The second-order valence-corrected chi connectivity index (χ2v) is 10.9. The summed E-state index contributed by atoms with van der Waals surface area (Å²) in [4.78, 5) is 16.5. The van der Waals surface area contributed by atoms with Crippen molar-refractivity contribution in [2.45, 2.75) is 57.7 Å². The van der Waals surface area contributed by atoms with E-state index in [2.05, 4.69) is 76.6 Å². The summed E-state index contributed by atoms with van der Waals surface area (Å²) in [5.41, 5.74) is 4.66. The van der Waals surface area contributed by atoms with E-state index in [9.17, 15) is 9.90 Å². The fourth-order valence-electron chi connectivity index (χ4n) is 5.94. The number of likely N-dealkylation sites (tertiary alicyclic amines) is 2. The summed E-state index contributed by atoms with van der Waals surface area (Å²) < 4.78 is 6.38. The van der Waals surface area contributed by atoms with E-state index >= 15 is 0 Å². The summed E-state index contributed by atoms with van der Waals surface area (Å²) in [6, 6.07) is 15.2. The van der Waals surface area contributed by atoms with Crippen LogP contribution >= 0.6 is 0 Å². The van der Waals surface area contributed by atoms with Crippen LogP contribution in [0.2, 0.25) is 0 Å². The Hall–Kier alpha value is -3.68. The van der Waals surface area contributed by atoms with Gasteiger partial charge in [-0.25, -0.2) is 0 Å². The van der Waals surface area contributed by atoms with Crippen molar-refractivity contribution in [2.24, 2.45) is 0 Å². The van der Waals surface area contributed by atoms with Gasteiger partial charge >= 0.3 is 0 Å². The Morgan fingerprint density at radius 1 is 1.03 bits per heavy atom. The Morgan fingerprint density at radius 2 is 1.85 bits per heavy atom. The number of amides is 1. The number of allylic oxidation sites excluding steroid dienone is 5. The van der Waals surface area contributed by atoms with Gasteiger partial charge in [-0.2, -0.15) is 5.10 Å². The van der Waals surface area contributed by atoms with Crippen LogP contribution in [0.15, 0.2) is 78.2 Å². The molecule has 2 aliphatic heterocycles. The fraction of sp³-hybridized carbons (Fsp3) is 0.375. The number of H-pyrrole nitrogens is 1. The van der Waals surface area contributed by atoms with E-state index in [4.69, 9.17) is 4.74 Å². The van der Waals surface area contributed by atoms with Crippen molar-refractivity contribution in [3.63, 3.8) is 0 Å². The van der Waals surface area contributed by atoms with Crippen molar-refractivity contribution in [2.75, 3.05) is 19.6 Å². The second-order valence-electron chi connectivity index (χ2n) is 10.9. The molecule has 1 amide bonds. The van der Waals surface area contributed by atoms with Gasteiger partial charge in [0.2, 0.25) is 0 Å². The molecule has 3 heterocycles. The van der Waals surface area contributed by atoms with Crippen molar-refractivity contribution < 1.29 is 14.6 Å². The number of aliphatic hydroxyl groups excluding tert-OH is 1. The van der Waals surface area contributed by atoms with Crippen LogP contribution in [0.4, 0.5) is 0 Å². The highest BCUT2D eigenvalue weighted by Crippen LogP contribution is 2.29. The Bertz CT molecular complexity index is 1430. The summed E-state index contributed by atoms with van der Waals surface area (Å²) in [6.45, 7) is 5.67. The van der Waals surface area contributed by atoms with Crippen molar-refractivity contribution in [1.29, 1.82) is 0 Å². The maximum absolute atomic E-state index is 12.2. The molecule has 6 rings (SSSR count). The summed E-state index contributed by atoms with van der Waals surface area (Å²) >= 11 is 0. The second kappa shape index (κ2) is 11.2. The van der Waals surface area contributed by atoms with E-state index in [-0.39, 0.29) is 11.9 Å². The van der Waals surface area contributed by atoms with Crippen LogP contribution in [-0.4, -0.2) is 62.8 Å². The number of benzene rings is 2. The first kappa shape index (κ1) is 25.6. The lowest BCUT2D eigenvalue weighted by Crippen LogP contribution is -2.46. The topological polar surface area (TPSA) is 81.7 Å². The van der Waals surface area contributed by atoms with Gasteiger partial charge < -0.3 is 14.7 Å². The quantitative estimate of drug-likeness (QED) is 0.463. The van der Waals surface area contributed by atoms with Gasteiger partial charge in [0, 0.05) is 38.4 Å². The number of carbonyl (C=O) groups excluding carboxylic acids is 1. The third-order valence-corrected chi connectivity index (χ3v) is 8.25. The minimum Gasteiger partial charge on any atom is -0.457 e. The molecule has 2 saturated heterocycles. The van der Waals surface area contributed by atoms with Crippen molar-refractivity contribution >= 4 is 22.3 Å². The van der Waals surface area contributed by atoms with Crippen molar-refractivity contribution in [3.05, 3.63) is 89.5 Å². The third-order valence-electron chi connectivity index (χ3n) is 8.25. The number of nitrogens with one attached hydrogen (secondary N) is 1. The van der Waals surface area contributed by atoms with Gasteiger partial charge in [0.25, 0.3) is 5.91 Å². The van der Waals surface area contributed by atoms with Crippen LogP contribution < -0.4 is 4.74 Å². The maximum atomic E-state index is 12.2. The molecule has 0 bridgehead atoms. The molecule has 7 nitrogen and oxygen atoms in total. The van der Waals surface area contributed by atoms with Gasteiger partial charge in [-0.05, 0) is 103 Å². The Labute approximate surface area is 229 Å². The Morgan fingerprint density at radius 3 is 2.62 bits per heavy atom. The van der Waals surface area contributed by atoms with E-state index in [0.717, 1.165) is 73.5 Å². The Kier molecular flexibility index (Phi) is 7.35. The minimum atomic E-state index is -0.793. The molecule has 3 aromatic rings. The molecule has 1 atom stereocenters. The lowest BCUT2D eigenvalue weighted by Gasteiger charge is -2.36. The van der Waals surface area contributed by atoms with Crippen LogP contribution in [0.1, 0.15) is 50.3 Å². The summed E-state index contributed by atoms with van der Waals surface area (Å²) in [7, 11) is 0. The fourth-order valence-corrected chi connectivity index (χ4v) is 5.94. The predicted octanol–water partition coefficient (Wildman–Crippen LogP) is 5.21. The number of hydrogen-bond acceptors (Lipinski definition) is 5. The number of ether oxygens (including phenoxy) is 1. The molecular formula is C32H36N4O3. The molecule has 7 heteroatoms. The molecule has 0 spiro atoms. The highest BCUT2D eigenvalue weighted by molar-refractivity contribution is 5.85. The number of nitrogens with zero attached hydrogens (tertiary/aromatic N) is 3. The summed E-state index contributed by atoms with van der Waals surface area (Å²) in [5, 5.41) is 19.3. The molecule has 1 unspecified atom stereocenters. The van der Waals surface area contributed by atoms with Crippen LogP contribution in [0.25, 0.3) is 16.3 Å². The number of aromatic nitrogens is 2. The average Bonchev–Trinajstić information content (AvgIpc) is 3.59. The molecule has 39 heavy (non-hydrogen) atoms. The summed E-state index contributed by atoms with van der Waals surface area (Å²) in [6.07, 6.45) is 11.8. The highest BCUT2D eigenvalue weighted by atomic mass is 16.5. The van der Waals surface area contributed by atoms with E-state index in [1.54, 1.807) is 6.20 Å². The standard InChI is InChI=1S/C32H36N4O3/c1-22-3-2-4-24(29-11-15-33-34-29)8-10-31(22)39-28-9-7-25-19-23(5-6-26(25)20-28)21-35-16-12-27(13-17-35)36-18-14-30(37)32(36)38/h4-11,15,19-20,27,30,37H,2-3,12-14,16-18,21H2,1H3,(H,33,34). The molecule has 1 aliphatic carbocycles. The molecule has 2 fully saturated rings. The van der Waals surface area contributed by atoms with Crippen molar-refractivity contribution in [3.8, 4) is 5.75 Å². The minimum absolute atomic E-state index is 0.0842. The van der Waals surface area contributed by atoms with E-state index in [1.165, 1.54) is 16.5 Å². The average molecular weight is 525 g/mol. The molecule has 1 aromatic heterocycles. The number of fused-ring (bicyclic) bond motifs is 1. The van der Waals surface area contributed by atoms with Gasteiger partial charge in [0.1, 0.15) is 17.6 Å². The van der Waals surface area contributed by atoms with Crippen LogP contribution in [0.3, 0.4) is 0 Å². The SMILES string of the molecule is CC1=C(Oc2ccc3cc(CN4CCC(N5CCC(O)C5=O)CC4)ccc3c2)C=CC(c2ccn[nH]2)=CCC1. The normalized spacial score (nSPS) is 21.4. The van der Waals surface area contributed by atoms with Gasteiger partial charge in [-0.1, -0.05) is 24.3 Å². The van der Waals surface area contributed by atoms with Gasteiger partial charge in [0.05, 0.1) is 5.69 Å². The third kappa shape index (κ3) is 5.70. The van der Waals surface area contributed by atoms with Crippen LogP contribution in [-0.2, 0) is 11.3 Å². The number of aromatic amines is 1. The van der Waals surface area contributed by atoms with Gasteiger partial charge in [-0.3, -0.25) is 14.8 Å². The van der Waals surface area contributed by atoms with E-state index < -0.39 is 6.10 Å². The number of hydrogen-bond donors (Lipinski definition) is 2. The number of piperidine rings is 1. The largest absolute Gasteiger partial charge is 0.457 e. The molecule has 3 aliphatic rings. The number of aliphatic hydroxyl groups is 1. The maximum Gasteiger partial charge on any atom is 0.251 e. The monoisotopic (exact) mass is 524 g/mol. The first-order valence-electron chi connectivity index (χ1n) is 14.0.